The molecular weight excluding hydrogens is 292 g/mol. The number of benzene rings is 1. The summed E-state index contributed by atoms with van der Waals surface area (Å²) in [6.45, 7) is 0. The highest BCUT2D eigenvalue weighted by atomic mass is 32.2. The molecule has 1 aliphatic heterocycles. The minimum absolute atomic E-state index is 0.0273. The molecule has 1 N–H and O–H groups in total. The topological polar surface area (TPSA) is 59.1 Å². The summed E-state index contributed by atoms with van der Waals surface area (Å²) in [5.74, 6) is 0.565. The van der Waals surface area contributed by atoms with Crippen molar-refractivity contribution in [3.05, 3.63) is 35.8 Å². The smallest absolute Gasteiger partial charge is 0.152 e. The molecule has 0 radical (unpaired) electrons. The van der Waals surface area contributed by atoms with Gasteiger partial charge in [0, 0.05) is 28.9 Å². The lowest BCUT2D eigenvalue weighted by Crippen LogP contribution is -2.34. The molecule has 0 bridgehead atoms. The van der Waals surface area contributed by atoms with Crippen LogP contribution in [0.3, 0.4) is 0 Å². The molecule has 3 rings (SSSR count). The maximum Gasteiger partial charge on any atom is 0.152 e. The first kappa shape index (κ1) is 13.6. The highest BCUT2D eigenvalue weighted by molar-refractivity contribution is 7.91. The predicted octanol–water partition coefficient (Wildman–Crippen LogP) is 2.80. The highest BCUT2D eigenvalue weighted by Crippen LogP contribution is 2.24. The minimum atomic E-state index is -2.87. The van der Waals surface area contributed by atoms with E-state index in [4.69, 9.17) is 0 Å². The van der Waals surface area contributed by atoms with E-state index in [1.807, 2.05) is 29.6 Å². The highest BCUT2D eigenvalue weighted by Gasteiger charge is 2.24. The van der Waals surface area contributed by atoms with Gasteiger partial charge in [0.15, 0.2) is 9.84 Å². The zero-order valence-electron chi connectivity index (χ0n) is 11.0. The van der Waals surface area contributed by atoms with E-state index in [1.165, 1.54) is 0 Å². The van der Waals surface area contributed by atoms with E-state index < -0.39 is 9.84 Å². The molecule has 0 saturated carbocycles. The Morgan fingerprint density at radius 2 is 2.05 bits per heavy atom. The first-order valence-corrected chi connectivity index (χ1v) is 9.29. The number of aromatic nitrogens is 1. The van der Waals surface area contributed by atoms with Gasteiger partial charge in [0.25, 0.3) is 0 Å². The standard InChI is InChI=1S/C14H16N2O2S2/c17-20(18)9-1-2-13(10-20)16-12-5-3-11(4-6-12)14-15-7-8-19-14/h3-8,13,16H,1-2,9-10H2. The van der Waals surface area contributed by atoms with Gasteiger partial charge in [-0.1, -0.05) is 0 Å². The van der Waals surface area contributed by atoms with E-state index in [0.29, 0.717) is 5.75 Å². The van der Waals surface area contributed by atoms with Gasteiger partial charge < -0.3 is 5.32 Å². The summed E-state index contributed by atoms with van der Waals surface area (Å²) in [6.07, 6.45) is 3.45. The molecule has 0 amide bonds. The third-order valence-corrected chi connectivity index (χ3v) is 6.04. The maximum atomic E-state index is 11.6. The van der Waals surface area contributed by atoms with Crippen molar-refractivity contribution in [1.82, 2.24) is 4.98 Å². The van der Waals surface area contributed by atoms with Crippen LogP contribution < -0.4 is 5.32 Å². The Kier molecular flexibility index (Phi) is 3.76. The Labute approximate surface area is 122 Å². The van der Waals surface area contributed by atoms with Gasteiger partial charge in [-0.15, -0.1) is 11.3 Å². The molecular formula is C14H16N2O2S2. The van der Waals surface area contributed by atoms with E-state index in [0.717, 1.165) is 29.1 Å². The second-order valence-electron chi connectivity index (χ2n) is 5.01. The zero-order chi connectivity index (χ0) is 14.0. The van der Waals surface area contributed by atoms with E-state index in [2.05, 4.69) is 10.3 Å². The van der Waals surface area contributed by atoms with Gasteiger partial charge in [0.05, 0.1) is 11.5 Å². The van der Waals surface area contributed by atoms with Gasteiger partial charge in [0.1, 0.15) is 5.01 Å². The van der Waals surface area contributed by atoms with Crippen molar-refractivity contribution in [3.63, 3.8) is 0 Å². The lowest BCUT2D eigenvalue weighted by Gasteiger charge is -2.24. The molecule has 4 nitrogen and oxygen atoms in total. The fourth-order valence-electron chi connectivity index (χ4n) is 2.45. The Bertz CT molecular complexity index is 664. The van der Waals surface area contributed by atoms with Crippen LogP contribution in [0.25, 0.3) is 10.6 Å². The summed E-state index contributed by atoms with van der Waals surface area (Å²) in [5, 5.41) is 6.26. The van der Waals surface area contributed by atoms with Crippen LogP contribution in [0.1, 0.15) is 12.8 Å². The van der Waals surface area contributed by atoms with E-state index in [-0.39, 0.29) is 11.8 Å². The molecule has 1 aliphatic rings. The third kappa shape index (κ3) is 3.19. The third-order valence-electron chi connectivity index (χ3n) is 3.40. The van der Waals surface area contributed by atoms with Crippen LogP contribution in [-0.2, 0) is 9.84 Å². The molecule has 1 atom stereocenters. The van der Waals surface area contributed by atoms with Crippen LogP contribution in [0, 0.1) is 0 Å². The number of thiazole rings is 1. The second kappa shape index (κ2) is 5.54. The molecule has 20 heavy (non-hydrogen) atoms. The normalized spacial score (nSPS) is 21.5. The molecule has 1 aromatic carbocycles. The fourth-order valence-corrected chi connectivity index (χ4v) is 4.73. The average molecular weight is 308 g/mol. The average Bonchev–Trinajstić information content (AvgIpc) is 2.92. The van der Waals surface area contributed by atoms with Gasteiger partial charge in [0.2, 0.25) is 0 Å². The van der Waals surface area contributed by atoms with Crippen LogP contribution in [0.2, 0.25) is 0 Å². The van der Waals surface area contributed by atoms with E-state index in [1.54, 1.807) is 17.5 Å². The lowest BCUT2D eigenvalue weighted by molar-refractivity contribution is 0.562. The number of nitrogens with zero attached hydrogens (tertiary/aromatic N) is 1. The summed E-state index contributed by atoms with van der Waals surface area (Å²) in [5.41, 5.74) is 2.05. The molecule has 1 fully saturated rings. The summed E-state index contributed by atoms with van der Waals surface area (Å²) in [7, 11) is -2.87. The number of hydrogen-bond acceptors (Lipinski definition) is 5. The fraction of sp³-hybridized carbons (Fsp3) is 0.357. The van der Waals surface area contributed by atoms with Gasteiger partial charge in [-0.05, 0) is 37.1 Å². The number of anilines is 1. The molecule has 1 unspecified atom stereocenters. The van der Waals surface area contributed by atoms with Crippen molar-refractivity contribution in [3.8, 4) is 10.6 Å². The van der Waals surface area contributed by atoms with Crippen molar-refractivity contribution in [2.75, 3.05) is 16.8 Å². The van der Waals surface area contributed by atoms with Crippen molar-refractivity contribution in [1.29, 1.82) is 0 Å². The SMILES string of the molecule is O=S1(=O)CCCC(Nc2ccc(-c3nccs3)cc2)C1. The first-order chi connectivity index (χ1) is 9.62. The van der Waals surface area contributed by atoms with Crippen molar-refractivity contribution in [2.24, 2.45) is 0 Å². The van der Waals surface area contributed by atoms with Gasteiger partial charge in [-0.2, -0.15) is 0 Å². The van der Waals surface area contributed by atoms with Gasteiger partial charge in [-0.25, -0.2) is 13.4 Å². The van der Waals surface area contributed by atoms with Crippen molar-refractivity contribution in [2.45, 2.75) is 18.9 Å². The molecule has 0 spiro atoms. The summed E-state index contributed by atoms with van der Waals surface area (Å²) in [4.78, 5) is 4.27. The summed E-state index contributed by atoms with van der Waals surface area (Å²) >= 11 is 1.61. The monoisotopic (exact) mass is 308 g/mol. The van der Waals surface area contributed by atoms with Crippen LogP contribution in [0.4, 0.5) is 5.69 Å². The van der Waals surface area contributed by atoms with E-state index >= 15 is 0 Å². The molecule has 1 aromatic heterocycles. The number of hydrogen-bond donors (Lipinski definition) is 1. The van der Waals surface area contributed by atoms with Crippen LogP contribution in [-0.4, -0.2) is 30.9 Å². The molecule has 106 valence electrons. The molecule has 2 heterocycles. The molecule has 0 aliphatic carbocycles. The minimum Gasteiger partial charge on any atom is -0.381 e. The number of nitrogens with one attached hydrogen (secondary N) is 1. The summed E-state index contributed by atoms with van der Waals surface area (Å²) in [6, 6.07) is 8.02. The first-order valence-electron chi connectivity index (χ1n) is 6.59. The van der Waals surface area contributed by atoms with Crippen molar-refractivity contribution < 1.29 is 8.42 Å². The molecule has 1 saturated heterocycles. The Morgan fingerprint density at radius 3 is 2.70 bits per heavy atom. The van der Waals surface area contributed by atoms with Crippen LogP contribution in [0.15, 0.2) is 35.8 Å². The predicted molar refractivity (Wildman–Crippen MR) is 82.8 cm³/mol. The molecule has 6 heteroatoms. The van der Waals surface area contributed by atoms with Crippen LogP contribution in [0.5, 0.6) is 0 Å². The largest absolute Gasteiger partial charge is 0.381 e. The van der Waals surface area contributed by atoms with Crippen LogP contribution >= 0.6 is 11.3 Å². The van der Waals surface area contributed by atoms with Gasteiger partial charge in [-0.3, -0.25) is 0 Å². The maximum absolute atomic E-state index is 11.6. The lowest BCUT2D eigenvalue weighted by atomic mass is 10.1. The quantitative estimate of drug-likeness (QED) is 0.947. The van der Waals surface area contributed by atoms with Gasteiger partial charge >= 0.3 is 0 Å². The van der Waals surface area contributed by atoms with E-state index in [9.17, 15) is 8.42 Å². The summed E-state index contributed by atoms with van der Waals surface area (Å²) < 4.78 is 23.2. The number of rotatable bonds is 3. The molecule has 2 aromatic rings. The zero-order valence-corrected chi connectivity index (χ0v) is 12.6. The Balaban J connectivity index is 1.69. The Hall–Kier alpha value is -1.40. The Morgan fingerprint density at radius 1 is 1.25 bits per heavy atom. The van der Waals surface area contributed by atoms with Crippen molar-refractivity contribution >= 4 is 26.9 Å². The second-order valence-corrected chi connectivity index (χ2v) is 8.14. The number of sulfone groups is 1.